The molecule has 0 saturated heterocycles. The minimum Gasteiger partial charge on any atom is -0.488 e. The van der Waals surface area contributed by atoms with Gasteiger partial charge in [-0.25, -0.2) is 9.59 Å². The van der Waals surface area contributed by atoms with E-state index in [0.29, 0.717) is 18.9 Å². The first-order chi connectivity index (χ1) is 13.8. The summed E-state index contributed by atoms with van der Waals surface area (Å²) in [4.78, 5) is 35.7. The zero-order chi connectivity index (χ0) is 21.2. The van der Waals surface area contributed by atoms with Crippen LogP contribution < -0.4 is 15.4 Å². The Kier molecular flexibility index (Phi) is 8.21. The number of hydrogen-bond donors (Lipinski definition) is 2. The van der Waals surface area contributed by atoms with Crippen LogP contribution >= 0.6 is 0 Å². The minimum absolute atomic E-state index is 0.206. The van der Waals surface area contributed by atoms with Gasteiger partial charge in [0.1, 0.15) is 17.9 Å². The van der Waals surface area contributed by atoms with Crippen molar-refractivity contribution < 1.29 is 23.9 Å². The molecular formula is C22H26N2O5. The molecule has 2 rings (SSSR count). The van der Waals surface area contributed by atoms with Crippen LogP contribution in [0.3, 0.4) is 0 Å². The van der Waals surface area contributed by atoms with E-state index < -0.39 is 24.5 Å². The maximum Gasteiger partial charge on any atom is 0.342 e. The highest BCUT2D eigenvalue weighted by Crippen LogP contribution is 2.20. The molecule has 0 aliphatic heterocycles. The van der Waals surface area contributed by atoms with Crippen LogP contribution in [0.1, 0.15) is 35.3 Å². The normalized spacial score (nSPS) is 10.3. The van der Waals surface area contributed by atoms with Gasteiger partial charge in [-0.15, -0.1) is 0 Å². The smallest absolute Gasteiger partial charge is 0.342 e. The number of ether oxygens (including phenoxy) is 2. The van der Waals surface area contributed by atoms with Crippen molar-refractivity contribution in [3.05, 3.63) is 65.2 Å². The number of esters is 1. The number of benzene rings is 2. The van der Waals surface area contributed by atoms with Crippen molar-refractivity contribution in [1.29, 1.82) is 0 Å². The average Bonchev–Trinajstić information content (AvgIpc) is 2.69. The molecule has 3 amide bonds. The van der Waals surface area contributed by atoms with Gasteiger partial charge in [-0.05, 0) is 30.5 Å². The van der Waals surface area contributed by atoms with E-state index in [4.69, 9.17) is 9.47 Å². The summed E-state index contributed by atoms with van der Waals surface area (Å²) in [5, 5.41) is 4.66. The molecule has 7 heteroatoms. The van der Waals surface area contributed by atoms with E-state index in [2.05, 4.69) is 10.6 Å². The molecule has 0 fully saturated rings. The molecule has 0 bridgehead atoms. The highest BCUT2D eigenvalue weighted by molar-refractivity contribution is 5.97. The van der Waals surface area contributed by atoms with Crippen molar-refractivity contribution in [3.8, 4) is 5.75 Å². The van der Waals surface area contributed by atoms with Crippen LogP contribution in [-0.4, -0.2) is 31.1 Å². The largest absolute Gasteiger partial charge is 0.488 e. The Balaban J connectivity index is 1.89. The van der Waals surface area contributed by atoms with E-state index in [0.717, 1.165) is 11.1 Å². The molecule has 2 aromatic carbocycles. The summed E-state index contributed by atoms with van der Waals surface area (Å²) in [7, 11) is 0. The average molecular weight is 398 g/mol. The number of nitrogens with one attached hydrogen (secondary N) is 2. The lowest BCUT2D eigenvalue weighted by Crippen LogP contribution is -2.42. The van der Waals surface area contributed by atoms with E-state index in [9.17, 15) is 14.4 Å². The van der Waals surface area contributed by atoms with E-state index in [1.807, 2.05) is 45.0 Å². The van der Waals surface area contributed by atoms with Crippen LogP contribution in [-0.2, 0) is 16.1 Å². The van der Waals surface area contributed by atoms with E-state index in [-0.39, 0.29) is 11.5 Å². The molecule has 2 N–H and O–H groups in total. The summed E-state index contributed by atoms with van der Waals surface area (Å²) >= 11 is 0. The van der Waals surface area contributed by atoms with E-state index in [1.54, 1.807) is 24.3 Å². The predicted octanol–water partition coefficient (Wildman–Crippen LogP) is 3.21. The summed E-state index contributed by atoms with van der Waals surface area (Å²) in [5.74, 6) is -0.806. The Bertz CT molecular complexity index is 864. The fourth-order valence-electron chi connectivity index (χ4n) is 2.44. The molecule has 29 heavy (non-hydrogen) atoms. The molecule has 0 spiro atoms. The third-order valence-corrected chi connectivity index (χ3v) is 3.84. The zero-order valence-electron chi connectivity index (χ0n) is 16.9. The Morgan fingerprint density at radius 2 is 1.79 bits per heavy atom. The number of hydrogen-bond acceptors (Lipinski definition) is 5. The van der Waals surface area contributed by atoms with Gasteiger partial charge in [0.2, 0.25) is 0 Å². The summed E-state index contributed by atoms with van der Waals surface area (Å²) in [6.45, 7) is 6.01. The maximum atomic E-state index is 12.4. The van der Waals surface area contributed by atoms with Gasteiger partial charge < -0.3 is 14.8 Å². The van der Waals surface area contributed by atoms with Crippen molar-refractivity contribution in [1.82, 2.24) is 10.6 Å². The molecule has 0 radical (unpaired) electrons. The SMILES string of the molecule is Cc1cccc(COc2ccccc2C(=O)OCC(=O)NC(=O)NCC(C)C)c1. The van der Waals surface area contributed by atoms with E-state index >= 15 is 0 Å². The van der Waals surface area contributed by atoms with Crippen LogP contribution in [0.5, 0.6) is 5.75 Å². The molecule has 2 aromatic rings. The van der Waals surface area contributed by atoms with Gasteiger partial charge in [-0.1, -0.05) is 55.8 Å². The number of carbonyl (C=O) groups is 3. The molecule has 0 heterocycles. The van der Waals surface area contributed by atoms with Crippen molar-refractivity contribution in [2.75, 3.05) is 13.2 Å². The van der Waals surface area contributed by atoms with Crippen LogP contribution in [0.2, 0.25) is 0 Å². The Labute approximate surface area is 170 Å². The van der Waals surface area contributed by atoms with Gasteiger partial charge in [-0.2, -0.15) is 0 Å². The summed E-state index contributed by atoms with van der Waals surface area (Å²) < 4.78 is 10.8. The second-order valence-electron chi connectivity index (χ2n) is 7.00. The van der Waals surface area contributed by atoms with Crippen LogP contribution in [0.25, 0.3) is 0 Å². The van der Waals surface area contributed by atoms with Crippen molar-refractivity contribution in [2.24, 2.45) is 5.92 Å². The van der Waals surface area contributed by atoms with Crippen LogP contribution in [0.15, 0.2) is 48.5 Å². The van der Waals surface area contributed by atoms with Gasteiger partial charge in [-0.3, -0.25) is 10.1 Å². The van der Waals surface area contributed by atoms with Gasteiger partial charge in [0.05, 0.1) is 0 Å². The number of amides is 3. The van der Waals surface area contributed by atoms with Gasteiger partial charge in [0.15, 0.2) is 6.61 Å². The minimum atomic E-state index is -0.710. The number of carbonyl (C=O) groups excluding carboxylic acids is 3. The molecule has 0 aliphatic carbocycles. The predicted molar refractivity (Wildman–Crippen MR) is 109 cm³/mol. The molecule has 154 valence electrons. The topological polar surface area (TPSA) is 93.7 Å². The first-order valence-corrected chi connectivity index (χ1v) is 9.37. The number of para-hydroxylation sites is 1. The van der Waals surface area contributed by atoms with E-state index in [1.165, 1.54) is 0 Å². The van der Waals surface area contributed by atoms with Crippen molar-refractivity contribution in [3.63, 3.8) is 0 Å². The number of aryl methyl sites for hydroxylation is 1. The number of urea groups is 1. The Morgan fingerprint density at radius 3 is 2.52 bits per heavy atom. The van der Waals surface area contributed by atoms with Crippen LogP contribution in [0, 0.1) is 12.8 Å². The highest BCUT2D eigenvalue weighted by atomic mass is 16.5. The van der Waals surface area contributed by atoms with Crippen molar-refractivity contribution >= 4 is 17.9 Å². The molecule has 0 saturated carbocycles. The van der Waals surface area contributed by atoms with Crippen molar-refractivity contribution in [2.45, 2.75) is 27.4 Å². The Hall–Kier alpha value is -3.35. The zero-order valence-corrected chi connectivity index (χ0v) is 16.9. The number of rotatable bonds is 8. The monoisotopic (exact) mass is 398 g/mol. The fraction of sp³-hybridized carbons (Fsp3) is 0.318. The maximum absolute atomic E-state index is 12.4. The molecule has 0 unspecified atom stereocenters. The van der Waals surface area contributed by atoms with Gasteiger partial charge >= 0.3 is 12.0 Å². The molecule has 7 nitrogen and oxygen atoms in total. The lowest BCUT2D eigenvalue weighted by Gasteiger charge is -2.12. The summed E-state index contributed by atoms with van der Waals surface area (Å²) in [5.41, 5.74) is 2.29. The Morgan fingerprint density at radius 1 is 1.03 bits per heavy atom. The standard InChI is InChI=1S/C22H26N2O5/c1-15(2)12-23-22(27)24-20(25)14-29-21(26)18-9-4-5-10-19(18)28-13-17-8-6-7-16(3)11-17/h4-11,15H,12-14H2,1-3H3,(H2,23,24,25,27). The third kappa shape index (κ3) is 7.65. The lowest BCUT2D eigenvalue weighted by molar-refractivity contribution is -0.123. The quantitative estimate of drug-likeness (QED) is 0.666. The summed E-state index contributed by atoms with van der Waals surface area (Å²) in [6, 6.07) is 13.9. The molecule has 0 atom stereocenters. The van der Waals surface area contributed by atoms with Crippen LogP contribution in [0.4, 0.5) is 4.79 Å². The third-order valence-electron chi connectivity index (χ3n) is 3.84. The molecule has 0 aliphatic rings. The second-order valence-corrected chi connectivity index (χ2v) is 7.00. The molecule has 0 aromatic heterocycles. The lowest BCUT2D eigenvalue weighted by atomic mass is 10.1. The van der Waals surface area contributed by atoms with Gasteiger partial charge in [0.25, 0.3) is 5.91 Å². The highest BCUT2D eigenvalue weighted by Gasteiger charge is 2.16. The number of imide groups is 1. The first-order valence-electron chi connectivity index (χ1n) is 9.37. The molecular weight excluding hydrogens is 372 g/mol. The fourth-order valence-corrected chi connectivity index (χ4v) is 2.44. The summed E-state index contributed by atoms with van der Waals surface area (Å²) in [6.07, 6.45) is 0. The first kappa shape index (κ1) is 21.9. The second kappa shape index (κ2) is 10.8. The van der Waals surface area contributed by atoms with Gasteiger partial charge in [0, 0.05) is 6.54 Å².